The second-order valence-corrected chi connectivity index (χ2v) is 7.01. The highest BCUT2D eigenvalue weighted by Crippen LogP contribution is 2.21. The van der Waals surface area contributed by atoms with Crippen molar-refractivity contribution in [3.8, 4) is 0 Å². The van der Waals surface area contributed by atoms with Gasteiger partial charge >= 0.3 is 5.97 Å². The zero-order chi connectivity index (χ0) is 18.4. The number of carboxylic acids is 1. The average molecular weight is 470 g/mol. The highest BCUT2D eigenvalue weighted by atomic mass is 127. The molecule has 1 atom stereocenters. The van der Waals surface area contributed by atoms with Crippen LogP contribution in [-0.4, -0.2) is 34.5 Å². The Hall–Kier alpha value is -1.86. The van der Waals surface area contributed by atoms with E-state index in [1.165, 1.54) is 11.0 Å². The van der Waals surface area contributed by atoms with E-state index in [0.717, 1.165) is 5.56 Å². The van der Waals surface area contributed by atoms with Gasteiger partial charge < -0.3 is 10.0 Å². The normalized spacial score (nSPS) is 11.6. The maximum atomic E-state index is 13.0. The summed E-state index contributed by atoms with van der Waals surface area (Å²) in [4.78, 5) is 26.1. The predicted molar refractivity (Wildman–Crippen MR) is 107 cm³/mol. The highest BCUT2D eigenvalue weighted by molar-refractivity contribution is 14.1. The number of nitrogens with zero attached hydrogens (tertiary/aromatic N) is 1. The number of rotatable bonds is 7. The van der Waals surface area contributed by atoms with E-state index in [2.05, 4.69) is 6.58 Å². The summed E-state index contributed by atoms with van der Waals surface area (Å²) in [6.07, 6.45) is 1.75. The van der Waals surface area contributed by atoms with Crippen LogP contribution in [0.25, 0.3) is 0 Å². The molecule has 0 aromatic heterocycles. The molecule has 130 valence electrons. The summed E-state index contributed by atoms with van der Waals surface area (Å²) in [7, 11) is 0. The molecule has 0 saturated heterocycles. The number of aliphatic carboxylic acids is 1. The van der Waals surface area contributed by atoms with Crippen LogP contribution in [0.3, 0.4) is 0 Å². The Bertz CT molecular complexity index is 779. The second kappa shape index (κ2) is 9.01. The average Bonchev–Trinajstić information content (AvgIpc) is 2.58. The molecule has 1 N–H and O–H groups in total. The monoisotopic (exact) mass is 469 g/mol. The van der Waals surface area contributed by atoms with Crippen molar-refractivity contribution < 1.29 is 14.7 Å². The Kier molecular flexibility index (Phi) is 7.01. The van der Waals surface area contributed by atoms with E-state index in [9.17, 15) is 14.7 Å². The summed E-state index contributed by atoms with van der Waals surface area (Å²) in [6.45, 7) is 3.79. The minimum Gasteiger partial charge on any atom is -0.480 e. The van der Waals surface area contributed by atoms with Crippen molar-refractivity contribution in [2.24, 2.45) is 0 Å². The van der Waals surface area contributed by atoms with E-state index in [0.29, 0.717) is 14.2 Å². The maximum Gasteiger partial charge on any atom is 0.326 e. The van der Waals surface area contributed by atoms with Crippen LogP contribution in [0.2, 0.25) is 5.02 Å². The number of carbonyl (C=O) groups excluding carboxylic acids is 1. The van der Waals surface area contributed by atoms with E-state index in [4.69, 9.17) is 11.6 Å². The lowest BCUT2D eigenvalue weighted by atomic mass is 10.0. The lowest BCUT2D eigenvalue weighted by Crippen LogP contribution is -2.46. The number of amides is 1. The van der Waals surface area contributed by atoms with Crippen molar-refractivity contribution in [1.29, 1.82) is 0 Å². The van der Waals surface area contributed by atoms with Gasteiger partial charge in [-0.1, -0.05) is 48.0 Å². The number of hydrogen-bond donors (Lipinski definition) is 1. The van der Waals surface area contributed by atoms with Gasteiger partial charge in [0.1, 0.15) is 6.04 Å². The third kappa shape index (κ3) is 5.06. The molecule has 0 heterocycles. The summed E-state index contributed by atoms with van der Waals surface area (Å²) < 4.78 is 0.674. The zero-order valence-electron chi connectivity index (χ0n) is 13.4. The first-order chi connectivity index (χ1) is 11.9. The smallest absolute Gasteiger partial charge is 0.326 e. The Morgan fingerprint density at radius 1 is 1.24 bits per heavy atom. The molecule has 1 amide bonds. The topological polar surface area (TPSA) is 57.6 Å². The van der Waals surface area contributed by atoms with E-state index in [1.807, 2.05) is 52.9 Å². The maximum absolute atomic E-state index is 13.0. The summed E-state index contributed by atoms with van der Waals surface area (Å²) >= 11 is 7.96. The van der Waals surface area contributed by atoms with Gasteiger partial charge in [-0.05, 0) is 46.4 Å². The fraction of sp³-hybridized carbons (Fsp3) is 0.158. The molecule has 1 unspecified atom stereocenters. The van der Waals surface area contributed by atoms with Gasteiger partial charge in [-0.3, -0.25) is 4.79 Å². The molecule has 25 heavy (non-hydrogen) atoms. The first-order valence-electron chi connectivity index (χ1n) is 7.57. The van der Waals surface area contributed by atoms with Crippen LogP contribution in [0.1, 0.15) is 15.9 Å². The van der Waals surface area contributed by atoms with E-state index < -0.39 is 12.0 Å². The first kappa shape index (κ1) is 19.5. The Labute approximate surface area is 165 Å². The van der Waals surface area contributed by atoms with Gasteiger partial charge in [-0.2, -0.15) is 0 Å². The van der Waals surface area contributed by atoms with Crippen LogP contribution in [0, 0.1) is 3.57 Å². The van der Waals surface area contributed by atoms with Gasteiger partial charge in [0.05, 0.1) is 5.56 Å². The molecule has 2 rings (SSSR count). The lowest BCUT2D eigenvalue weighted by Gasteiger charge is -2.28. The third-order valence-electron chi connectivity index (χ3n) is 3.68. The van der Waals surface area contributed by atoms with Crippen molar-refractivity contribution in [2.75, 3.05) is 6.54 Å². The molecule has 0 saturated carbocycles. The van der Waals surface area contributed by atoms with Crippen LogP contribution in [0.5, 0.6) is 0 Å². The van der Waals surface area contributed by atoms with Crippen LogP contribution in [-0.2, 0) is 11.2 Å². The minimum absolute atomic E-state index is 0.140. The third-order valence-corrected chi connectivity index (χ3v) is 4.81. The molecule has 4 nitrogen and oxygen atoms in total. The summed E-state index contributed by atoms with van der Waals surface area (Å²) in [5.41, 5.74) is 1.27. The number of halogens is 2. The van der Waals surface area contributed by atoms with Gasteiger partial charge in [-0.15, -0.1) is 6.58 Å². The lowest BCUT2D eigenvalue weighted by molar-refractivity contribution is -0.142. The molecule has 0 aliphatic rings. The Balaban J connectivity index is 2.36. The number of benzene rings is 2. The summed E-state index contributed by atoms with van der Waals surface area (Å²) in [5.74, 6) is -1.41. The van der Waals surface area contributed by atoms with Crippen LogP contribution >= 0.6 is 34.2 Å². The van der Waals surface area contributed by atoms with Crippen molar-refractivity contribution in [2.45, 2.75) is 12.5 Å². The van der Waals surface area contributed by atoms with Crippen LogP contribution in [0.15, 0.2) is 61.2 Å². The molecule has 0 radical (unpaired) electrons. The number of hydrogen-bond acceptors (Lipinski definition) is 2. The standard InChI is InChI=1S/C19H17ClINO3/c1-2-10-22(18(23)15-9-8-14(20)12-16(15)21)17(19(24)25)11-13-6-4-3-5-7-13/h2-9,12,17H,1,10-11H2,(H,24,25). The molecule has 0 aliphatic heterocycles. The van der Waals surface area contributed by atoms with Gasteiger partial charge in [0.2, 0.25) is 0 Å². The highest BCUT2D eigenvalue weighted by Gasteiger charge is 2.30. The minimum atomic E-state index is -1.05. The molecule has 2 aromatic rings. The van der Waals surface area contributed by atoms with Crippen molar-refractivity contribution in [3.05, 3.63) is 80.9 Å². The molecule has 6 heteroatoms. The van der Waals surface area contributed by atoms with Gasteiger partial charge in [0.15, 0.2) is 0 Å². The molecular formula is C19H17ClINO3. The second-order valence-electron chi connectivity index (χ2n) is 5.41. The van der Waals surface area contributed by atoms with Crippen LogP contribution < -0.4 is 0 Å². The molecule has 0 aliphatic carbocycles. The molecule has 0 spiro atoms. The van der Waals surface area contributed by atoms with E-state index in [1.54, 1.807) is 18.2 Å². The van der Waals surface area contributed by atoms with Gasteiger partial charge in [0, 0.05) is 21.6 Å². The Morgan fingerprint density at radius 2 is 1.92 bits per heavy atom. The number of carbonyl (C=O) groups is 2. The van der Waals surface area contributed by atoms with Crippen LogP contribution in [0.4, 0.5) is 0 Å². The van der Waals surface area contributed by atoms with Crippen molar-refractivity contribution in [1.82, 2.24) is 4.90 Å². The van der Waals surface area contributed by atoms with Gasteiger partial charge in [-0.25, -0.2) is 4.79 Å². The summed E-state index contributed by atoms with van der Waals surface area (Å²) in [5, 5.41) is 10.2. The largest absolute Gasteiger partial charge is 0.480 e. The van der Waals surface area contributed by atoms with Crippen molar-refractivity contribution >= 4 is 46.1 Å². The SMILES string of the molecule is C=CCN(C(=O)c1ccc(Cl)cc1I)C(Cc1ccccc1)C(=O)O. The van der Waals surface area contributed by atoms with E-state index in [-0.39, 0.29) is 18.9 Å². The summed E-state index contributed by atoms with van der Waals surface area (Å²) in [6, 6.07) is 13.2. The van der Waals surface area contributed by atoms with Crippen molar-refractivity contribution in [3.63, 3.8) is 0 Å². The molecule has 0 bridgehead atoms. The predicted octanol–water partition coefficient (Wildman–Crippen LogP) is 4.27. The molecule has 2 aromatic carbocycles. The fourth-order valence-electron chi connectivity index (χ4n) is 2.48. The quantitative estimate of drug-likeness (QED) is 0.487. The van der Waals surface area contributed by atoms with Gasteiger partial charge in [0.25, 0.3) is 5.91 Å². The number of carboxylic acid groups (broad SMARTS) is 1. The molecular weight excluding hydrogens is 453 g/mol. The van der Waals surface area contributed by atoms with E-state index >= 15 is 0 Å². The fourth-order valence-corrected chi connectivity index (χ4v) is 3.58. The first-order valence-corrected chi connectivity index (χ1v) is 9.03. The Morgan fingerprint density at radius 3 is 2.48 bits per heavy atom. The zero-order valence-corrected chi connectivity index (χ0v) is 16.3. The molecule has 0 fully saturated rings.